The number of likely N-dealkylation sites (N-methyl/N-ethyl adjacent to an activating group) is 1. The minimum Gasteiger partial charge on any atom is -0.396 e. The van der Waals surface area contributed by atoms with Crippen LogP contribution in [0.5, 0.6) is 0 Å². The van der Waals surface area contributed by atoms with Crippen molar-refractivity contribution in [2.45, 2.75) is 26.7 Å². The lowest BCUT2D eigenvalue weighted by atomic mass is 9.99. The predicted octanol–water partition coefficient (Wildman–Crippen LogP) is 0.674. The molecule has 2 amide bonds. The van der Waals surface area contributed by atoms with E-state index in [4.69, 9.17) is 0 Å². The van der Waals surface area contributed by atoms with E-state index in [-0.39, 0.29) is 18.6 Å². The molecule has 23 heavy (non-hydrogen) atoms. The van der Waals surface area contributed by atoms with Crippen LogP contribution >= 0.6 is 0 Å². The fourth-order valence-electron chi connectivity index (χ4n) is 3.57. The van der Waals surface area contributed by atoms with E-state index in [9.17, 15) is 9.90 Å². The maximum Gasteiger partial charge on any atom is 0.317 e. The number of hydrogen-bond donors (Lipinski definition) is 2. The average Bonchev–Trinajstić information content (AvgIpc) is 2.60. The molecule has 0 aromatic carbocycles. The summed E-state index contributed by atoms with van der Waals surface area (Å²) in [4.78, 5) is 19.1. The molecule has 6 nitrogen and oxygen atoms in total. The first-order chi connectivity index (χ1) is 11.1. The van der Waals surface area contributed by atoms with Crippen LogP contribution in [0, 0.1) is 11.8 Å². The maximum absolute atomic E-state index is 12.3. The third kappa shape index (κ3) is 5.94. The van der Waals surface area contributed by atoms with E-state index in [0.29, 0.717) is 12.5 Å². The van der Waals surface area contributed by atoms with Gasteiger partial charge in [-0.25, -0.2) is 4.79 Å². The molecule has 0 saturated carbocycles. The van der Waals surface area contributed by atoms with Crippen molar-refractivity contribution < 1.29 is 9.90 Å². The van der Waals surface area contributed by atoms with Crippen molar-refractivity contribution in [1.29, 1.82) is 0 Å². The van der Waals surface area contributed by atoms with Crippen molar-refractivity contribution in [3.05, 3.63) is 0 Å². The summed E-state index contributed by atoms with van der Waals surface area (Å²) in [6, 6.07) is 0.0332. The second-order valence-corrected chi connectivity index (χ2v) is 7.16. The molecule has 0 unspecified atom stereocenters. The minimum atomic E-state index is 0.0332. The van der Waals surface area contributed by atoms with Crippen LogP contribution in [0.1, 0.15) is 26.7 Å². The number of piperidine rings is 1. The molecule has 134 valence electrons. The van der Waals surface area contributed by atoms with Crippen LogP contribution in [0.15, 0.2) is 0 Å². The number of amides is 2. The molecule has 0 spiro atoms. The van der Waals surface area contributed by atoms with E-state index in [1.54, 1.807) is 0 Å². The van der Waals surface area contributed by atoms with Gasteiger partial charge < -0.3 is 25.1 Å². The Morgan fingerprint density at radius 3 is 2.57 bits per heavy atom. The van der Waals surface area contributed by atoms with Crippen LogP contribution in [-0.2, 0) is 0 Å². The molecule has 2 heterocycles. The molecule has 2 N–H and O–H groups in total. The first kappa shape index (κ1) is 18.5. The second kappa shape index (κ2) is 9.45. The molecule has 2 saturated heterocycles. The van der Waals surface area contributed by atoms with Gasteiger partial charge in [0.1, 0.15) is 0 Å². The standard InChI is InChI=1S/C17H34N4O2/c1-3-19-7-9-20(10-8-19)12-15(2)11-18-17(23)21-6-4-5-16(13-21)14-22/h15-16,22H,3-14H2,1-2H3,(H,18,23)/t15-,16-/m0/s1. The molecule has 0 aromatic rings. The number of nitrogens with zero attached hydrogens (tertiary/aromatic N) is 3. The number of carbonyl (C=O) groups excluding carboxylic acids is 1. The quantitative estimate of drug-likeness (QED) is 0.753. The van der Waals surface area contributed by atoms with Gasteiger partial charge in [-0.1, -0.05) is 13.8 Å². The number of likely N-dealkylation sites (tertiary alicyclic amines) is 1. The van der Waals surface area contributed by atoms with E-state index in [0.717, 1.165) is 65.2 Å². The van der Waals surface area contributed by atoms with Crippen molar-refractivity contribution in [3.8, 4) is 0 Å². The third-order valence-corrected chi connectivity index (χ3v) is 5.15. The summed E-state index contributed by atoms with van der Waals surface area (Å²) in [6.07, 6.45) is 2.02. The SMILES string of the molecule is CCN1CCN(C[C@@H](C)CNC(=O)N2CCC[C@H](CO)C2)CC1. The zero-order valence-corrected chi connectivity index (χ0v) is 14.8. The smallest absolute Gasteiger partial charge is 0.317 e. The normalized spacial score (nSPS) is 25.3. The molecule has 0 bridgehead atoms. The first-order valence-electron chi connectivity index (χ1n) is 9.20. The average molecular weight is 326 g/mol. The third-order valence-electron chi connectivity index (χ3n) is 5.15. The zero-order valence-electron chi connectivity index (χ0n) is 14.8. The lowest BCUT2D eigenvalue weighted by Gasteiger charge is -2.35. The summed E-state index contributed by atoms with van der Waals surface area (Å²) in [5.74, 6) is 0.715. The van der Waals surface area contributed by atoms with E-state index in [1.165, 1.54) is 0 Å². The number of rotatable bonds is 6. The number of hydrogen-bond acceptors (Lipinski definition) is 4. The minimum absolute atomic E-state index is 0.0332. The highest BCUT2D eigenvalue weighted by molar-refractivity contribution is 5.74. The van der Waals surface area contributed by atoms with Gasteiger partial charge in [0.05, 0.1) is 0 Å². The molecule has 0 radical (unpaired) electrons. The van der Waals surface area contributed by atoms with E-state index in [2.05, 4.69) is 29.0 Å². The second-order valence-electron chi connectivity index (χ2n) is 7.16. The number of piperazine rings is 1. The largest absolute Gasteiger partial charge is 0.396 e. The summed E-state index contributed by atoms with van der Waals surface area (Å²) in [5, 5.41) is 12.3. The van der Waals surface area contributed by atoms with Gasteiger partial charge in [0.15, 0.2) is 0 Å². The summed E-state index contributed by atoms with van der Waals surface area (Å²) >= 11 is 0. The lowest BCUT2D eigenvalue weighted by molar-refractivity contribution is 0.119. The highest BCUT2D eigenvalue weighted by Gasteiger charge is 2.23. The predicted molar refractivity (Wildman–Crippen MR) is 92.5 cm³/mol. The number of carbonyl (C=O) groups is 1. The summed E-state index contributed by atoms with van der Waals surface area (Å²) in [6.45, 7) is 13.6. The Hall–Kier alpha value is -0.850. The van der Waals surface area contributed by atoms with E-state index in [1.807, 2.05) is 4.90 Å². The lowest BCUT2D eigenvalue weighted by Crippen LogP contribution is -2.49. The van der Waals surface area contributed by atoms with Crippen molar-refractivity contribution in [3.63, 3.8) is 0 Å². The molecule has 2 atom stereocenters. The Morgan fingerprint density at radius 2 is 1.91 bits per heavy atom. The van der Waals surface area contributed by atoms with Gasteiger partial charge in [-0.15, -0.1) is 0 Å². The van der Waals surface area contributed by atoms with Crippen molar-refractivity contribution >= 4 is 6.03 Å². The highest BCUT2D eigenvalue weighted by atomic mass is 16.3. The first-order valence-corrected chi connectivity index (χ1v) is 9.20. The van der Waals surface area contributed by atoms with E-state index >= 15 is 0 Å². The number of nitrogens with one attached hydrogen (secondary N) is 1. The summed E-state index contributed by atoms with van der Waals surface area (Å²) in [5.41, 5.74) is 0. The molecule has 0 aliphatic carbocycles. The molecule has 2 fully saturated rings. The van der Waals surface area contributed by atoms with Crippen LogP contribution in [0.4, 0.5) is 4.79 Å². The van der Waals surface area contributed by atoms with Crippen molar-refractivity contribution in [1.82, 2.24) is 20.0 Å². The van der Waals surface area contributed by atoms with Crippen molar-refractivity contribution in [2.24, 2.45) is 11.8 Å². The van der Waals surface area contributed by atoms with Crippen LogP contribution in [0.2, 0.25) is 0 Å². The number of aliphatic hydroxyl groups is 1. The molecule has 0 aromatic heterocycles. The van der Waals surface area contributed by atoms with Gasteiger partial charge in [0.2, 0.25) is 0 Å². The highest BCUT2D eigenvalue weighted by Crippen LogP contribution is 2.15. The molecular formula is C17H34N4O2. The van der Waals surface area contributed by atoms with Gasteiger partial charge in [0, 0.05) is 59.0 Å². The summed E-state index contributed by atoms with van der Waals surface area (Å²) in [7, 11) is 0. The summed E-state index contributed by atoms with van der Waals surface area (Å²) < 4.78 is 0. The zero-order chi connectivity index (χ0) is 16.7. The fourth-order valence-corrected chi connectivity index (χ4v) is 3.57. The fraction of sp³-hybridized carbons (Fsp3) is 0.941. The van der Waals surface area contributed by atoms with Gasteiger partial charge in [-0.2, -0.15) is 0 Å². The Morgan fingerprint density at radius 1 is 1.22 bits per heavy atom. The molecule has 6 heteroatoms. The van der Waals surface area contributed by atoms with Gasteiger partial charge in [-0.3, -0.25) is 0 Å². The molecule has 2 aliphatic heterocycles. The Kier molecular flexibility index (Phi) is 7.59. The number of urea groups is 1. The van der Waals surface area contributed by atoms with Crippen LogP contribution in [-0.4, -0.2) is 91.3 Å². The maximum atomic E-state index is 12.3. The van der Waals surface area contributed by atoms with Gasteiger partial charge in [-0.05, 0) is 31.2 Å². The van der Waals surface area contributed by atoms with Crippen LogP contribution < -0.4 is 5.32 Å². The Balaban J connectivity index is 1.64. The number of aliphatic hydroxyl groups excluding tert-OH is 1. The molecule has 2 rings (SSSR count). The van der Waals surface area contributed by atoms with Crippen LogP contribution in [0.25, 0.3) is 0 Å². The van der Waals surface area contributed by atoms with Crippen LogP contribution in [0.3, 0.4) is 0 Å². The van der Waals surface area contributed by atoms with E-state index < -0.39 is 0 Å². The topological polar surface area (TPSA) is 59.0 Å². The Labute approximate surface area is 140 Å². The molecular weight excluding hydrogens is 292 g/mol. The van der Waals surface area contributed by atoms with Crippen molar-refractivity contribution in [2.75, 3.05) is 65.5 Å². The Bertz CT molecular complexity index is 359. The van der Waals surface area contributed by atoms with Gasteiger partial charge in [0.25, 0.3) is 0 Å². The monoisotopic (exact) mass is 326 g/mol. The molecule has 2 aliphatic rings. The van der Waals surface area contributed by atoms with Gasteiger partial charge >= 0.3 is 6.03 Å².